The van der Waals surface area contributed by atoms with Gasteiger partial charge in [-0.15, -0.1) is 11.3 Å². The number of hydrogen-bond donors (Lipinski definition) is 2. The predicted octanol–water partition coefficient (Wildman–Crippen LogP) is 2.17. The van der Waals surface area contributed by atoms with Crippen molar-refractivity contribution in [1.29, 1.82) is 0 Å². The van der Waals surface area contributed by atoms with Gasteiger partial charge in [0.15, 0.2) is 0 Å². The van der Waals surface area contributed by atoms with Gasteiger partial charge in [0, 0.05) is 0 Å². The summed E-state index contributed by atoms with van der Waals surface area (Å²) in [4.78, 5) is 17.4. The molecular weight excluding hydrogens is 266 g/mol. The minimum Gasteiger partial charge on any atom is -0.391 e. The van der Waals surface area contributed by atoms with E-state index in [2.05, 4.69) is 10.3 Å². The highest BCUT2D eigenvalue weighted by Crippen LogP contribution is 2.29. The van der Waals surface area contributed by atoms with Gasteiger partial charge in [-0.3, -0.25) is 4.79 Å². The Bertz CT molecular complexity index is 464. The first-order valence-electron chi connectivity index (χ1n) is 6.08. The van der Waals surface area contributed by atoms with Crippen molar-refractivity contribution in [3.63, 3.8) is 0 Å². The van der Waals surface area contributed by atoms with Crippen molar-refractivity contribution in [2.45, 2.75) is 44.6 Å². The first kappa shape index (κ1) is 13.4. The second-order valence-electron chi connectivity index (χ2n) is 4.73. The van der Waals surface area contributed by atoms with E-state index in [1.54, 1.807) is 5.51 Å². The monoisotopic (exact) mass is 283 g/mol. The highest BCUT2D eigenvalue weighted by Gasteiger charge is 2.37. The van der Waals surface area contributed by atoms with Gasteiger partial charge in [-0.2, -0.15) is 0 Å². The van der Waals surface area contributed by atoms with Crippen LogP contribution < -0.4 is 11.1 Å². The van der Waals surface area contributed by atoms with Crippen LogP contribution in [-0.4, -0.2) is 21.4 Å². The van der Waals surface area contributed by atoms with E-state index in [-0.39, 0.29) is 5.91 Å². The zero-order valence-corrected chi connectivity index (χ0v) is 12.0. The SMILES string of the molecule is Cc1ncsc1C(=O)NC1(C(N)=S)CCCCC1. The number of nitrogens with one attached hydrogen (secondary N) is 1. The molecule has 4 nitrogen and oxygen atoms in total. The number of hydrogen-bond acceptors (Lipinski definition) is 4. The van der Waals surface area contributed by atoms with Crippen molar-refractivity contribution in [1.82, 2.24) is 10.3 Å². The van der Waals surface area contributed by atoms with Gasteiger partial charge in [-0.1, -0.05) is 31.5 Å². The van der Waals surface area contributed by atoms with Gasteiger partial charge in [-0.25, -0.2) is 4.98 Å². The molecule has 1 aromatic heterocycles. The zero-order valence-electron chi connectivity index (χ0n) is 10.4. The van der Waals surface area contributed by atoms with E-state index in [9.17, 15) is 4.79 Å². The van der Waals surface area contributed by atoms with E-state index < -0.39 is 5.54 Å². The summed E-state index contributed by atoms with van der Waals surface area (Å²) < 4.78 is 0. The molecule has 6 heteroatoms. The average molecular weight is 283 g/mol. The number of carbonyl (C=O) groups is 1. The lowest BCUT2D eigenvalue weighted by atomic mass is 9.81. The fraction of sp³-hybridized carbons (Fsp3) is 0.583. The van der Waals surface area contributed by atoms with Gasteiger partial charge in [-0.05, 0) is 19.8 Å². The second-order valence-corrected chi connectivity index (χ2v) is 6.02. The fourth-order valence-electron chi connectivity index (χ4n) is 2.38. The van der Waals surface area contributed by atoms with E-state index >= 15 is 0 Å². The molecule has 1 aliphatic carbocycles. The number of nitrogens with two attached hydrogens (primary N) is 1. The smallest absolute Gasteiger partial charge is 0.264 e. The number of rotatable bonds is 3. The van der Waals surface area contributed by atoms with Crippen LogP contribution in [0.4, 0.5) is 0 Å². The van der Waals surface area contributed by atoms with Gasteiger partial charge in [0.1, 0.15) is 4.88 Å². The van der Waals surface area contributed by atoms with Crippen LogP contribution in [-0.2, 0) is 0 Å². The summed E-state index contributed by atoms with van der Waals surface area (Å²) in [5.41, 5.74) is 7.78. The first-order valence-corrected chi connectivity index (χ1v) is 7.36. The quantitative estimate of drug-likeness (QED) is 0.834. The molecule has 18 heavy (non-hydrogen) atoms. The third-order valence-corrected chi connectivity index (χ3v) is 4.80. The molecule has 0 aliphatic heterocycles. The van der Waals surface area contributed by atoms with Crippen LogP contribution in [0.1, 0.15) is 47.5 Å². The van der Waals surface area contributed by atoms with Crippen LogP contribution in [0.3, 0.4) is 0 Å². The number of thiazole rings is 1. The molecule has 0 spiro atoms. The summed E-state index contributed by atoms with van der Waals surface area (Å²) in [6, 6.07) is 0. The molecule has 3 N–H and O–H groups in total. The maximum Gasteiger partial charge on any atom is 0.264 e. The number of amides is 1. The van der Waals surface area contributed by atoms with Crippen LogP contribution in [0.15, 0.2) is 5.51 Å². The molecule has 1 saturated carbocycles. The third-order valence-electron chi connectivity index (χ3n) is 3.48. The topological polar surface area (TPSA) is 68.0 Å². The molecule has 0 radical (unpaired) electrons. The molecule has 0 atom stereocenters. The Labute approximate surface area is 116 Å². The lowest BCUT2D eigenvalue weighted by Crippen LogP contribution is -2.57. The Morgan fingerprint density at radius 3 is 2.67 bits per heavy atom. The summed E-state index contributed by atoms with van der Waals surface area (Å²) in [6.07, 6.45) is 4.97. The van der Waals surface area contributed by atoms with Gasteiger partial charge in [0.2, 0.25) is 0 Å². The summed E-state index contributed by atoms with van der Waals surface area (Å²) >= 11 is 6.51. The Kier molecular flexibility index (Phi) is 3.97. The van der Waals surface area contributed by atoms with Crippen molar-refractivity contribution >= 4 is 34.5 Å². The maximum absolute atomic E-state index is 12.2. The van der Waals surface area contributed by atoms with Crippen LogP contribution in [0.25, 0.3) is 0 Å². The van der Waals surface area contributed by atoms with Crippen LogP contribution >= 0.6 is 23.6 Å². The summed E-state index contributed by atoms with van der Waals surface area (Å²) in [5, 5.41) is 3.04. The summed E-state index contributed by atoms with van der Waals surface area (Å²) in [5.74, 6) is -0.107. The molecule has 0 unspecified atom stereocenters. The van der Waals surface area contributed by atoms with E-state index in [1.807, 2.05) is 6.92 Å². The molecule has 98 valence electrons. The maximum atomic E-state index is 12.2. The van der Waals surface area contributed by atoms with Gasteiger partial charge in [0.05, 0.1) is 21.7 Å². The molecule has 1 aliphatic rings. The standard InChI is InChI=1S/C12H17N3OS2/c1-8-9(18-7-14-8)10(16)15-12(11(13)17)5-3-2-4-6-12/h7H,2-6H2,1H3,(H2,13,17)(H,15,16). The molecule has 0 aromatic carbocycles. The van der Waals surface area contributed by atoms with Crippen molar-refractivity contribution in [2.24, 2.45) is 5.73 Å². The summed E-state index contributed by atoms with van der Waals surface area (Å²) in [7, 11) is 0. The van der Waals surface area contributed by atoms with Crippen LogP contribution in [0.5, 0.6) is 0 Å². The average Bonchev–Trinajstić information content (AvgIpc) is 2.76. The van der Waals surface area contributed by atoms with E-state index in [0.717, 1.165) is 31.4 Å². The van der Waals surface area contributed by atoms with E-state index in [4.69, 9.17) is 18.0 Å². The highest BCUT2D eigenvalue weighted by molar-refractivity contribution is 7.80. The first-order chi connectivity index (χ1) is 8.55. The highest BCUT2D eigenvalue weighted by atomic mass is 32.1. The molecule has 1 fully saturated rings. The van der Waals surface area contributed by atoms with Gasteiger partial charge >= 0.3 is 0 Å². The zero-order chi connectivity index (χ0) is 13.2. The van der Waals surface area contributed by atoms with Crippen molar-refractivity contribution < 1.29 is 4.79 Å². The normalized spacial score (nSPS) is 18.3. The van der Waals surface area contributed by atoms with Crippen molar-refractivity contribution in [3.8, 4) is 0 Å². The van der Waals surface area contributed by atoms with Gasteiger partial charge < -0.3 is 11.1 Å². The fourth-order valence-corrected chi connectivity index (χ4v) is 3.33. The second kappa shape index (κ2) is 5.32. The number of carbonyl (C=O) groups excluding carboxylic acids is 1. The van der Waals surface area contributed by atoms with Gasteiger partial charge in [0.25, 0.3) is 5.91 Å². The van der Waals surface area contributed by atoms with Crippen LogP contribution in [0.2, 0.25) is 0 Å². The third kappa shape index (κ3) is 2.54. The molecule has 1 aromatic rings. The molecular formula is C12H17N3OS2. The summed E-state index contributed by atoms with van der Waals surface area (Å²) in [6.45, 7) is 1.83. The Balaban J connectivity index is 2.17. The largest absolute Gasteiger partial charge is 0.391 e. The number of thiocarbonyl (C=S) groups is 1. The Morgan fingerprint density at radius 2 is 2.17 bits per heavy atom. The number of aryl methyl sites for hydroxylation is 1. The predicted molar refractivity (Wildman–Crippen MR) is 76.9 cm³/mol. The molecule has 0 bridgehead atoms. The number of nitrogens with zero attached hydrogens (tertiary/aromatic N) is 1. The Hall–Kier alpha value is -1.01. The van der Waals surface area contributed by atoms with E-state index in [0.29, 0.717) is 9.87 Å². The lowest BCUT2D eigenvalue weighted by Gasteiger charge is -2.37. The molecule has 1 heterocycles. The van der Waals surface area contributed by atoms with Crippen molar-refractivity contribution in [3.05, 3.63) is 16.1 Å². The Morgan fingerprint density at radius 1 is 1.50 bits per heavy atom. The molecule has 0 saturated heterocycles. The van der Waals surface area contributed by atoms with E-state index in [1.165, 1.54) is 17.8 Å². The minimum atomic E-state index is -0.499. The number of aromatic nitrogens is 1. The molecule has 1 amide bonds. The lowest BCUT2D eigenvalue weighted by molar-refractivity contribution is 0.0912. The van der Waals surface area contributed by atoms with Crippen LogP contribution in [0, 0.1) is 6.92 Å². The minimum absolute atomic E-state index is 0.107. The van der Waals surface area contributed by atoms with Crippen molar-refractivity contribution in [2.75, 3.05) is 0 Å². The molecule has 2 rings (SSSR count).